The molecule has 1 aliphatic rings. The van der Waals surface area contributed by atoms with Crippen molar-refractivity contribution in [2.45, 2.75) is 39.5 Å². The molecule has 2 amide bonds. The number of nitrogens with zero attached hydrogens (tertiary/aromatic N) is 1. The predicted octanol–water partition coefficient (Wildman–Crippen LogP) is 4.11. The highest BCUT2D eigenvalue weighted by atomic mass is 16.4. The summed E-state index contributed by atoms with van der Waals surface area (Å²) in [5.74, 6) is -0.887. The van der Waals surface area contributed by atoms with Gasteiger partial charge >= 0.3 is 12.0 Å². The summed E-state index contributed by atoms with van der Waals surface area (Å²) in [6.07, 6.45) is 3.10. The van der Waals surface area contributed by atoms with Crippen LogP contribution in [0.4, 0.5) is 10.5 Å². The number of hydrogen-bond donors (Lipinski definition) is 2. The Labute approximate surface area is 149 Å². The number of amides is 2. The Bertz CT molecular complexity index is 654. The molecular weight excluding hydrogens is 316 g/mol. The lowest BCUT2D eigenvalue weighted by Gasteiger charge is -2.35. The van der Waals surface area contributed by atoms with Gasteiger partial charge in [0.2, 0.25) is 0 Å². The Morgan fingerprint density at radius 3 is 2.72 bits per heavy atom. The molecule has 0 saturated carbocycles. The first-order valence-corrected chi connectivity index (χ1v) is 8.84. The van der Waals surface area contributed by atoms with Gasteiger partial charge in [0.15, 0.2) is 0 Å². The molecule has 1 aromatic rings. The summed E-state index contributed by atoms with van der Waals surface area (Å²) in [6, 6.07) is 5.78. The molecule has 25 heavy (non-hydrogen) atoms. The molecule has 1 fully saturated rings. The molecule has 0 aliphatic carbocycles. The molecular formula is C20H28N2O3. The van der Waals surface area contributed by atoms with Crippen LogP contribution >= 0.6 is 0 Å². The smallest absolute Gasteiger partial charge is 0.321 e. The SMILES string of the molecule is C=CCc1cccc(C(C)C)c1NC(=O)N1CC(C)CC(C(=O)O)C1. The van der Waals surface area contributed by atoms with Gasteiger partial charge in [-0.15, -0.1) is 6.58 Å². The molecule has 1 aromatic carbocycles. The molecule has 2 unspecified atom stereocenters. The summed E-state index contributed by atoms with van der Waals surface area (Å²) in [5.41, 5.74) is 2.93. The minimum absolute atomic E-state index is 0.175. The van der Waals surface area contributed by atoms with Gasteiger partial charge < -0.3 is 15.3 Å². The second-order valence-electron chi connectivity index (χ2n) is 7.24. The van der Waals surface area contributed by atoms with E-state index in [0.717, 1.165) is 16.8 Å². The maximum Gasteiger partial charge on any atom is 0.321 e. The number of allylic oxidation sites excluding steroid dienone is 1. The maximum atomic E-state index is 12.8. The summed E-state index contributed by atoms with van der Waals surface area (Å²) >= 11 is 0. The minimum Gasteiger partial charge on any atom is -0.481 e. The first-order chi connectivity index (χ1) is 11.8. The van der Waals surface area contributed by atoms with E-state index in [0.29, 0.717) is 19.4 Å². The maximum absolute atomic E-state index is 12.8. The molecule has 0 radical (unpaired) electrons. The number of aliphatic carboxylic acids is 1. The van der Waals surface area contributed by atoms with Crippen LogP contribution in [0.15, 0.2) is 30.9 Å². The average molecular weight is 344 g/mol. The van der Waals surface area contributed by atoms with Gasteiger partial charge in [-0.25, -0.2) is 4.79 Å². The lowest BCUT2D eigenvalue weighted by Crippen LogP contribution is -2.47. The van der Waals surface area contributed by atoms with E-state index in [1.165, 1.54) is 0 Å². The standard InChI is InChI=1S/C20H28N2O3/c1-5-7-15-8-6-9-17(13(2)3)18(15)21-20(25)22-11-14(4)10-16(12-22)19(23)24/h5-6,8-9,13-14,16H,1,7,10-12H2,2-4H3,(H,21,25)(H,23,24). The predicted molar refractivity (Wildman–Crippen MR) is 99.9 cm³/mol. The van der Waals surface area contributed by atoms with Gasteiger partial charge in [-0.05, 0) is 35.8 Å². The fourth-order valence-electron chi connectivity index (χ4n) is 3.46. The molecule has 136 valence electrons. The van der Waals surface area contributed by atoms with Crippen molar-refractivity contribution in [3.05, 3.63) is 42.0 Å². The van der Waals surface area contributed by atoms with Crippen LogP contribution in [0.2, 0.25) is 0 Å². The van der Waals surface area contributed by atoms with E-state index in [1.807, 2.05) is 31.2 Å². The number of benzene rings is 1. The quantitative estimate of drug-likeness (QED) is 0.790. The van der Waals surface area contributed by atoms with Crippen LogP contribution in [-0.2, 0) is 11.2 Å². The fraction of sp³-hybridized carbons (Fsp3) is 0.500. The van der Waals surface area contributed by atoms with Gasteiger partial charge in [0.05, 0.1) is 5.92 Å². The second-order valence-corrected chi connectivity index (χ2v) is 7.24. The number of carboxylic acids is 1. The number of rotatable bonds is 5. The van der Waals surface area contributed by atoms with E-state index < -0.39 is 11.9 Å². The van der Waals surface area contributed by atoms with Gasteiger partial charge in [-0.3, -0.25) is 4.79 Å². The Balaban J connectivity index is 2.24. The first kappa shape index (κ1) is 19.0. The zero-order valence-corrected chi connectivity index (χ0v) is 15.3. The minimum atomic E-state index is -0.834. The molecule has 1 aliphatic heterocycles. The summed E-state index contributed by atoms with van der Waals surface area (Å²) in [6.45, 7) is 10.8. The van der Waals surface area contributed by atoms with Crippen molar-refractivity contribution in [2.75, 3.05) is 18.4 Å². The second kappa shape index (κ2) is 8.19. The van der Waals surface area contributed by atoms with Crippen molar-refractivity contribution in [3.63, 3.8) is 0 Å². The molecule has 5 nitrogen and oxygen atoms in total. The van der Waals surface area contributed by atoms with Crippen LogP contribution in [0.3, 0.4) is 0 Å². The molecule has 0 spiro atoms. The summed E-state index contributed by atoms with van der Waals surface area (Å²) in [4.78, 5) is 25.8. The molecule has 0 aromatic heterocycles. The van der Waals surface area contributed by atoms with Crippen molar-refractivity contribution in [2.24, 2.45) is 11.8 Å². The number of urea groups is 1. The van der Waals surface area contributed by atoms with Gasteiger partial charge in [-0.2, -0.15) is 0 Å². The highest BCUT2D eigenvalue weighted by Gasteiger charge is 2.32. The van der Waals surface area contributed by atoms with Crippen molar-refractivity contribution in [3.8, 4) is 0 Å². The van der Waals surface area contributed by atoms with Crippen LogP contribution in [-0.4, -0.2) is 35.1 Å². The number of piperidine rings is 1. The van der Waals surface area contributed by atoms with Crippen molar-refractivity contribution < 1.29 is 14.7 Å². The lowest BCUT2D eigenvalue weighted by molar-refractivity contribution is -0.143. The van der Waals surface area contributed by atoms with Crippen molar-refractivity contribution in [1.82, 2.24) is 4.90 Å². The molecule has 5 heteroatoms. The van der Waals surface area contributed by atoms with Crippen molar-refractivity contribution >= 4 is 17.7 Å². The Morgan fingerprint density at radius 1 is 1.40 bits per heavy atom. The van der Waals surface area contributed by atoms with Gasteiger partial charge in [-0.1, -0.05) is 45.0 Å². The zero-order valence-electron chi connectivity index (χ0n) is 15.3. The third-order valence-electron chi connectivity index (χ3n) is 4.70. The highest BCUT2D eigenvalue weighted by molar-refractivity contribution is 5.91. The molecule has 2 rings (SSSR count). The van der Waals surface area contributed by atoms with Gasteiger partial charge in [0, 0.05) is 18.8 Å². The van der Waals surface area contributed by atoms with E-state index in [-0.39, 0.29) is 24.4 Å². The summed E-state index contributed by atoms with van der Waals surface area (Å²) < 4.78 is 0. The number of para-hydroxylation sites is 1. The Kier molecular flexibility index (Phi) is 6.23. The number of likely N-dealkylation sites (tertiary alicyclic amines) is 1. The van der Waals surface area contributed by atoms with E-state index in [1.54, 1.807) is 4.90 Å². The molecule has 1 heterocycles. The third-order valence-corrected chi connectivity index (χ3v) is 4.70. The molecule has 2 atom stereocenters. The number of anilines is 1. The van der Waals surface area contributed by atoms with Crippen LogP contribution in [0.1, 0.15) is 44.2 Å². The van der Waals surface area contributed by atoms with Crippen LogP contribution in [0, 0.1) is 11.8 Å². The van der Waals surface area contributed by atoms with Crippen molar-refractivity contribution in [1.29, 1.82) is 0 Å². The highest BCUT2D eigenvalue weighted by Crippen LogP contribution is 2.30. The number of nitrogens with one attached hydrogen (secondary N) is 1. The normalized spacial score (nSPS) is 20.4. The first-order valence-electron chi connectivity index (χ1n) is 8.84. The third kappa shape index (κ3) is 4.62. The topological polar surface area (TPSA) is 69.6 Å². The van der Waals surface area contributed by atoms with Crippen LogP contribution < -0.4 is 5.32 Å². The summed E-state index contributed by atoms with van der Waals surface area (Å²) in [5, 5.41) is 12.3. The average Bonchev–Trinajstić information content (AvgIpc) is 2.55. The number of carbonyl (C=O) groups excluding carboxylic acids is 1. The monoisotopic (exact) mass is 344 g/mol. The van der Waals surface area contributed by atoms with E-state index in [2.05, 4.69) is 25.7 Å². The zero-order chi connectivity index (χ0) is 18.6. The number of carboxylic acid groups (broad SMARTS) is 1. The van der Waals surface area contributed by atoms with Gasteiger partial charge in [0.25, 0.3) is 0 Å². The largest absolute Gasteiger partial charge is 0.481 e. The number of hydrogen-bond acceptors (Lipinski definition) is 2. The molecule has 2 N–H and O–H groups in total. The van der Waals surface area contributed by atoms with E-state index >= 15 is 0 Å². The molecule has 0 bridgehead atoms. The lowest BCUT2D eigenvalue weighted by atomic mass is 9.90. The number of carbonyl (C=O) groups is 2. The molecule has 1 saturated heterocycles. The van der Waals surface area contributed by atoms with E-state index in [4.69, 9.17) is 0 Å². The summed E-state index contributed by atoms with van der Waals surface area (Å²) in [7, 11) is 0. The van der Waals surface area contributed by atoms with Crippen LogP contribution in [0.25, 0.3) is 0 Å². The van der Waals surface area contributed by atoms with E-state index in [9.17, 15) is 14.7 Å². The Hall–Kier alpha value is -2.30. The van der Waals surface area contributed by atoms with Crippen LogP contribution in [0.5, 0.6) is 0 Å². The van der Waals surface area contributed by atoms with Gasteiger partial charge in [0.1, 0.15) is 0 Å². The fourth-order valence-corrected chi connectivity index (χ4v) is 3.46. The Morgan fingerprint density at radius 2 is 2.12 bits per heavy atom.